The molecule has 0 aliphatic carbocycles. The Balaban J connectivity index is 2.28. The number of ether oxygens (including phenoxy) is 1. The van der Waals surface area contributed by atoms with Gasteiger partial charge in [0.2, 0.25) is 0 Å². The summed E-state index contributed by atoms with van der Waals surface area (Å²) in [7, 11) is 0. The number of carbonyl (C=O) groups excluding carboxylic acids is 2. The van der Waals surface area contributed by atoms with Crippen LogP contribution in [0.2, 0.25) is 0 Å². The molecule has 27 heavy (non-hydrogen) atoms. The molecule has 2 rings (SSSR count). The summed E-state index contributed by atoms with van der Waals surface area (Å²) < 4.78 is 5.62. The van der Waals surface area contributed by atoms with Crippen molar-refractivity contribution in [1.29, 1.82) is 0 Å². The molecule has 1 N–H and O–H groups in total. The molecule has 5 heteroatoms. The van der Waals surface area contributed by atoms with Gasteiger partial charge < -0.3 is 15.0 Å². The summed E-state index contributed by atoms with van der Waals surface area (Å²) in [4.78, 5) is 26.8. The van der Waals surface area contributed by atoms with Gasteiger partial charge in [-0.25, -0.2) is 0 Å². The summed E-state index contributed by atoms with van der Waals surface area (Å²) in [6, 6.07) is 14.8. The average Bonchev–Trinajstić information content (AvgIpc) is 2.63. The average molecular weight is 368 g/mol. The molecule has 0 saturated carbocycles. The highest BCUT2D eigenvalue weighted by Crippen LogP contribution is 2.31. The zero-order valence-electron chi connectivity index (χ0n) is 16.7. The number of nitrogens with one attached hydrogen (secondary N) is 1. The van der Waals surface area contributed by atoms with Crippen LogP contribution >= 0.6 is 0 Å². The van der Waals surface area contributed by atoms with E-state index in [4.69, 9.17) is 4.74 Å². The number of amides is 2. The van der Waals surface area contributed by atoms with Crippen LogP contribution in [0.4, 0.5) is 11.4 Å². The van der Waals surface area contributed by atoms with Crippen molar-refractivity contribution in [2.45, 2.75) is 40.0 Å². The monoisotopic (exact) mass is 368 g/mol. The first-order valence-corrected chi connectivity index (χ1v) is 9.23. The zero-order chi connectivity index (χ0) is 20.0. The standard InChI is InChI=1S/C22H28N2O3/c1-6-24(17-11-9-8-10-12-17)21(26)20(25)23-18-15-16(22(3,4)5)13-14-19(18)27-7-2/h8-15H,6-7H2,1-5H3,(H,23,25). The van der Waals surface area contributed by atoms with Gasteiger partial charge >= 0.3 is 11.8 Å². The molecule has 0 bridgehead atoms. The lowest BCUT2D eigenvalue weighted by molar-refractivity contribution is -0.134. The van der Waals surface area contributed by atoms with Crippen LogP contribution in [0, 0.1) is 0 Å². The highest BCUT2D eigenvalue weighted by Gasteiger charge is 2.24. The highest BCUT2D eigenvalue weighted by atomic mass is 16.5. The third-order valence-corrected chi connectivity index (χ3v) is 4.22. The first kappa shape index (κ1) is 20.5. The number of hydrogen-bond donors (Lipinski definition) is 1. The fraction of sp³-hybridized carbons (Fsp3) is 0.364. The molecular formula is C22H28N2O3. The van der Waals surface area contributed by atoms with Gasteiger partial charge in [-0.2, -0.15) is 0 Å². The third-order valence-electron chi connectivity index (χ3n) is 4.22. The van der Waals surface area contributed by atoms with Crippen LogP contribution in [0.15, 0.2) is 48.5 Å². The molecule has 0 heterocycles. The minimum Gasteiger partial charge on any atom is -0.492 e. The van der Waals surface area contributed by atoms with Crippen LogP contribution in [-0.4, -0.2) is 25.0 Å². The molecule has 0 spiro atoms. The van der Waals surface area contributed by atoms with Crippen molar-refractivity contribution in [3.63, 3.8) is 0 Å². The fourth-order valence-electron chi connectivity index (χ4n) is 2.73. The van der Waals surface area contributed by atoms with Crippen LogP contribution in [0.5, 0.6) is 5.75 Å². The van der Waals surface area contributed by atoms with Crippen LogP contribution in [0.3, 0.4) is 0 Å². The molecule has 0 aliphatic heterocycles. The molecule has 0 aromatic heterocycles. The Morgan fingerprint density at radius 1 is 1.04 bits per heavy atom. The summed E-state index contributed by atoms with van der Waals surface area (Å²) in [6.45, 7) is 10.9. The lowest BCUT2D eigenvalue weighted by Gasteiger charge is -2.23. The summed E-state index contributed by atoms with van der Waals surface area (Å²) in [5, 5.41) is 2.74. The maximum atomic E-state index is 12.7. The first-order chi connectivity index (χ1) is 12.8. The molecule has 0 unspecified atom stereocenters. The van der Waals surface area contributed by atoms with Crippen molar-refractivity contribution in [3.8, 4) is 5.75 Å². The molecule has 2 amide bonds. The molecule has 0 radical (unpaired) electrons. The van der Waals surface area contributed by atoms with Gasteiger partial charge in [0, 0.05) is 12.2 Å². The molecule has 2 aromatic rings. The van der Waals surface area contributed by atoms with Gasteiger partial charge in [-0.05, 0) is 49.1 Å². The minimum absolute atomic E-state index is 0.0896. The van der Waals surface area contributed by atoms with Crippen LogP contribution < -0.4 is 15.0 Å². The molecule has 0 aliphatic rings. The van der Waals surface area contributed by atoms with Crippen molar-refractivity contribution in [2.24, 2.45) is 0 Å². The second-order valence-electron chi connectivity index (χ2n) is 7.23. The van der Waals surface area contributed by atoms with Crippen LogP contribution in [0.1, 0.15) is 40.2 Å². The number of carbonyl (C=O) groups is 2. The van der Waals surface area contributed by atoms with Gasteiger partial charge in [0.25, 0.3) is 0 Å². The predicted molar refractivity (Wildman–Crippen MR) is 109 cm³/mol. The molecule has 2 aromatic carbocycles. The Morgan fingerprint density at radius 3 is 2.26 bits per heavy atom. The van der Waals surface area contributed by atoms with Gasteiger partial charge in [0.1, 0.15) is 5.75 Å². The third kappa shape index (κ3) is 5.09. The van der Waals surface area contributed by atoms with Crippen molar-refractivity contribution < 1.29 is 14.3 Å². The highest BCUT2D eigenvalue weighted by molar-refractivity contribution is 6.44. The van der Waals surface area contributed by atoms with E-state index in [1.807, 2.05) is 50.2 Å². The van der Waals surface area contributed by atoms with Crippen LogP contribution in [-0.2, 0) is 15.0 Å². The van der Waals surface area contributed by atoms with Crippen molar-refractivity contribution in [2.75, 3.05) is 23.4 Å². The molecule has 144 valence electrons. The Hall–Kier alpha value is -2.82. The Morgan fingerprint density at radius 2 is 1.70 bits per heavy atom. The number of para-hydroxylation sites is 1. The summed E-state index contributed by atoms with van der Waals surface area (Å²) in [5.74, 6) is -0.741. The number of hydrogen-bond acceptors (Lipinski definition) is 3. The van der Waals surface area contributed by atoms with Gasteiger partial charge in [-0.1, -0.05) is 45.0 Å². The van der Waals surface area contributed by atoms with E-state index in [9.17, 15) is 9.59 Å². The molecular weight excluding hydrogens is 340 g/mol. The van der Waals surface area contributed by atoms with E-state index in [-0.39, 0.29) is 5.41 Å². The lowest BCUT2D eigenvalue weighted by atomic mass is 9.87. The molecule has 0 saturated heterocycles. The SMILES string of the molecule is CCOc1ccc(C(C)(C)C)cc1NC(=O)C(=O)N(CC)c1ccccc1. The smallest absolute Gasteiger partial charge is 0.316 e. The van der Waals surface area contributed by atoms with Crippen LogP contribution in [0.25, 0.3) is 0 Å². The van der Waals surface area contributed by atoms with E-state index in [0.29, 0.717) is 30.3 Å². The number of likely N-dealkylation sites (N-methyl/N-ethyl adjacent to an activating group) is 1. The van der Waals surface area contributed by atoms with Crippen molar-refractivity contribution in [3.05, 3.63) is 54.1 Å². The van der Waals surface area contributed by atoms with E-state index < -0.39 is 11.8 Å². The van der Waals surface area contributed by atoms with E-state index in [1.165, 1.54) is 4.90 Å². The Kier molecular flexibility index (Phi) is 6.61. The largest absolute Gasteiger partial charge is 0.492 e. The minimum atomic E-state index is -0.687. The normalized spacial score (nSPS) is 11.0. The van der Waals surface area contributed by atoms with E-state index in [0.717, 1.165) is 5.56 Å². The second-order valence-corrected chi connectivity index (χ2v) is 7.23. The Labute approximate surface area is 161 Å². The number of rotatable bonds is 5. The quantitative estimate of drug-likeness (QED) is 0.797. The van der Waals surface area contributed by atoms with E-state index in [2.05, 4.69) is 26.1 Å². The number of nitrogens with zero attached hydrogens (tertiary/aromatic N) is 1. The van der Waals surface area contributed by atoms with Gasteiger partial charge in [-0.3, -0.25) is 9.59 Å². The van der Waals surface area contributed by atoms with Gasteiger partial charge in [-0.15, -0.1) is 0 Å². The number of anilines is 2. The predicted octanol–water partition coefficient (Wildman–Crippen LogP) is 4.37. The van der Waals surface area contributed by atoms with E-state index >= 15 is 0 Å². The molecule has 5 nitrogen and oxygen atoms in total. The number of benzene rings is 2. The van der Waals surface area contributed by atoms with Crippen molar-refractivity contribution in [1.82, 2.24) is 0 Å². The van der Waals surface area contributed by atoms with Gasteiger partial charge in [0.05, 0.1) is 12.3 Å². The molecule has 0 atom stereocenters. The molecule has 0 fully saturated rings. The maximum Gasteiger partial charge on any atom is 0.316 e. The van der Waals surface area contributed by atoms with Gasteiger partial charge in [0.15, 0.2) is 0 Å². The Bertz CT molecular complexity index is 795. The second kappa shape index (κ2) is 8.71. The summed E-state index contributed by atoms with van der Waals surface area (Å²) >= 11 is 0. The summed E-state index contributed by atoms with van der Waals surface area (Å²) in [6.07, 6.45) is 0. The lowest BCUT2D eigenvalue weighted by Crippen LogP contribution is -2.39. The summed E-state index contributed by atoms with van der Waals surface area (Å²) in [5.41, 5.74) is 2.15. The topological polar surface area (TPSA) is 58.6 Å². The maximum absolute atomic E-state index is 12.7. The van der Waals surface area contributed by atoms with Crippen molar-refractivity contribution >= 4 is 23.2 Å². The first-order valence-electron chi connectivity index (χ1n) is 9.23. The van der Waals surface area contributed by atoms with E-state index in [1.54, 1.807) is 12.1 Å². The zero-order valence-corrected chi connectivity index (χ0v) is 16.7. The fourth-order valence-corrected chi connectivity index (χ4v) is 2.73.